The van der Waals surface area contributed by atoms with Gasteiger partial charge in [-0.15, -0.1) is 0 Å². The van der Waals surface area contributed by atoms with Crippen molar-refractivity contribution in [2.45, 2.75) is 31.9 Å². The van der Waals surface area contributed by atoms with Crippen LogP contribution in [0, 0.1) is 0 Å². The predicted molar refractivity (Wildman–Crippen MR) is 67.7 cm³/mol. The summed E-state index contributed by atoms with van der Waals surface area (Å²) in [7, 11) is 0. The molecule has 0 spiro atoms. The van der Waals surface area contributed by atoms with Gasteiger partial charge >= 0.3 is 6.18 Å². The molecule has 0 radical (unpaired) electrons. The summed E-state index contributed by atoms with van der Waals surface area (Å²) in [6.45, 7) is 0.311. The smallest absolute Gasteiger partial charge is 0.416 e. The van der Waals surface area contributed by atoms with Crippen LogP contribution in [0.4, 0.5) is 13.2 Å². The molecule has 1 aromatic carbocycles. The highest BCUT2D eigenvalue weighted by atomic mass is 19.4. The third kappa shape index (κ3) is 5.92. The van der Waals surface area contributed by atoms with E-state index in [0.717, 1.165) is 18.6 Å². The van der Waals surface area contributed by atoms with Crippen molar-refractivity contribution in [1.29, 1.82) is 0 Å². The zero-order valence-corrected chi connectivity index (χ0v) is 10.9. The molecule has 0 fully saturated rings. The van der Waals surface area contributed by atoms with E-state index in [4.69, 9.17) is 10.6 Å². The van der Waals surface area contributed by atoms with Gasteiger partial charge in [-0.05, 0) is 37.5 Å². The van der Waals surface area contributed by atoms with Crippen LogP contribution in [0.1, 0.15) is 31.2 Å². The molecule has 7 heteroatoms. The summed E-state index contributed by atoms with van der Waals surface area (Å²) in [4.78, 5) is 10.8. The standard InChI is InChI=1S/C13H17F3N2O2/c14-13(15,16)10-5-4-6-11(9-10)20-8-3-1-2-7-12(19)18-17/h4-6,9H,1-3,7-8,17H2,(H,18,19). The minimum atomic E-state index is -4.37. The maximum absolute atomic E-state index is 12.5. The van der Waals surface area contributed by atoms with Crippen LogP contribution in [-0.4, -0.2) is 12.5 Å². The van der Waals surface area contributed by atoms with Crippen LogP contribution < -0.4 is 16.0 Å². The Kier molecular flexibility index (Phi) is 6.30. The van der Waals surface area contributed by atoms with Crippen LogP contribution in [0.25, 0.3) is 0 Å². The van der Waals surface area contributed by atoms with E-state index in [0.29, 0.717) is 25.9 Å². The lowest BCUT2D eigenvalue weighted by molar-refractivity contribution is -0.137. The number of nitrogens with two attached hydrogens (primary N) is 1. The number of nitrogens with one attached hydrogen (secondary N) is 1. The average molecular weight is 290 g/mol. The highest BCUT2D eigenvalue weighted by molar-refractivity contribution is 5.75. The first-order chi connectivity index (χ1) is 9.43. The monoisotopic (exact) mass is 290 g/mol. The molecular weight excluding hydrogens is 273 g/mol. The number of ether oxygens (including phenoxy) is 1. The van der Waals surface area contributed by atoms with Crippen molar-refractivity contribution in [1.82, 2.24) is 5.43 Å². The number of hydrogen-bond donors (Lipinski definition) is 2. The van der Waals surface area contributed by atoms with Gasteiger partial charge in [0.15, 0.2) is 0 Å². The topological polar surface area (TPSA) is 64.3 Å². The van der Waals surface area contributed by atoms with Gasteiger partial charge in [0.2, 0.25) is 5.91 Å². The summed E-state index contributed by atoms with van der Waals surface area (Å²) in [5, 5.41) is 0. The minimum Gasteiger partial charge on any atom is -0.494 e. The summed E-state index contributed by atoms with van der Waals surface area (Å²) in [5.74, 6) is 4.88. The van der Waals surface area contributed by atoms with Crippen LogP contribution in [0.2, 0.25) is 0 Å². The third-order valence-electron chi connectivity index (χ3n) is 2.64. The maximum Gasteiger partial charge on any atom is 0.416 e. The summed E-state index contributed by atoms with van der Waals surface area (Å²) in [5.41, 5.74) is 1.30. The Labute approximate surface area is 115 Å². The molecule has 0 aromatic heterocycles. The van der Waals surface area contributed by atoms with Crippen molar-refractivity contribution in [3.63, 3.8) is 0 Å². The molecule has 0 bridgehead atoms. The number of benzene rings is 1. The van der Waals surface area contributed by atoms with E-state index in [1.807, 2.05) is 5.43 Å². The maximum atomic E-state index is 12.5. The number of rotatable bonds is 7. The Morgan fingerprint density at radius 3 is 2.65 bits per heavy atom. The van der Waals surface area contributed by atoms with Crippen molar-refractivity contribution >= 4 is 5.91 Å². The molecule has 1 aromatic rings. The molecule has 0 aliphatic carbocycles. The largest absolute Gasteiger partial charge is 0.494 e. The summed E-state index contributed by atoms with van der Waals surface area (Å²) >= 11 is 0. The number of alkyl halides is 3. The number of amides is 1. The first-order valence-electron chi connectivity index (χ1n) is 6.23. The van der Waals surface area contributed by atoms with Crippen LogP contribution in [0.5, 0.6) is 5.75 Å². The quantitative estimate of drug-likeness (QED) is 0.351. The number of unbranched alkanes of at least 4 members (excludes halogenated alkanes) is 2. The molecule has 0 heterocycles. The SMILES string of the molecule is NNC(=O)CCCCCOc1cccc(C(F)(F)F)c1. The number of hydrogen-bond acceptors (Lipinski definition) is 3. The zero-order chi connectivity index (χ0) is 15.0. The zero-order valence-electron chi connectivity index (χ0n) is 10.9. The van der Waals surface area contributed by atoms with Gasteiger partial charge < -0.3 is 4.74 Å². The molecule has 4 nitrogen and oxygen atoms in total. The highest BCUT2D eigenvalue weighted by Crippen LogP contribution is 2.31. The van der Waals surface area contributed by atoms with Gasteiger partial charge in [0.25, 0.3) is 0 Å². The average Bonchev–Trinajstić information content (AvgIpc) is 2.41. The van der Waals surface area contributed by atoms with E-state index >= 15 is 0 Å². The molecule has 0 aliphatic rings. The molecule has 1 rings (SSSR count). The fourth-order valence-corrected chi connectivity index (χ4v) is 1.59. The van der Waals surface area contributed by atoms with Crippen molar-refractivity contribution in [2.75, 3.05) is 6.61 Å². The van der Waals surface area contributed by atoms with Crippen LogP contribution in [0.3, 0.4) is 0 Å². The first kappa shape index (κ1) is 16.3. The Morgan fingerprint density at radius 2 is 2.00 bits per heavy atom. The van der Waals surface area contributed by atoms with Crippen molar-refractivity contribution in [3.05, 3.63) is 29.8 Å². The van der Waals surface area contributed by atoms with Gasteiger partial charge in [-0.25, -0.2) is 5.84 Å². The van der Waals surface area contributed by atoms with Crippen molar-refractivity contribution < 1.29 is 22.7 Å². The van der Waals surface area contributed by atoms with Gasteiger partial charge in [0.1, 0.15) is 5.75 Å². The molecule has 0 unspecified atom stereocenters. The second kappa shape index (κ2) is 7.74. The van der Waals surface area contributed by atoms with Gasteiger partial charge in [0, 0.05) is 6.42 Å². The van der Waals surface area contributed by atoms with Gasteiger partial charge in [-0.3, -0.25) is 10.2 Å². The van der Waals surface area contributed by atoms with E-state index < -0.39 is 11.7 Å². The normalized spacial score (nSPS) is 11.2. The molecule has 3 N–H and O–H groups in total. The lowest BCUT2D eigenvalue weighted by Gasteiger charge is -2.10. The number of hydrazine groups is 1. The van der Waals surface area contributed by atoms with Crippen molar-refractivity contribution in [3.8, 4) is 5.75 Å². The molecule has 0 atom stereocenters. The second-order valence-electron chi connectivity index (χ2n) is 4.25. The first-order valence-corrected chi connectivity index (χ1v) is 6.23. The van der Waals surface area contributed by atoms with Crippen molar-refractivity contribution in [2.24, 2.45) is 5.84 Å². The molecule has 20 heavy (non-hydrogen) atoms. The fraction of sp³-hybridized carbons (Fsp3) is 0.462. The Morgan fingerprint density at radius 1 is 1.25 bits per heavy atom. The van der Waals surface area contributed by atoms with Gasteiger partial charge in [-0.2, -0.15) is 13.2 Å². The third-order valence-corrected chi connectivity index (χ3v) is 2.64. The number of halogens is 3. The molecule has 0 aliphatic heterocycles. The fourth-order valence-electron chi connectivity index (χ4n) is 1.59. The van der Waals surface area contributed by atoms with Gasteiger partial charge in [-0.1, -0.05) is 6.07 Å². The second-order valence-corrected chi connectivity index (χ2v) is 4.25. The summed E-state index contributed by atoms with van der Waals surface area (Å²) in [6.07, 6.45) is -1.97. The predicted octanol–water partition coefficient (Wildman–Crippen LogP) is 2.63. The van der Waals surface area contributed by atoms with E-state index in [2.05, 4.69) is 0 Å². The van der Waals surface area contributed by atoms with Crippen LogP contribution >= 0.6 is 0 Å². The van der Waals surface area contributed by atoms with E-state index in [1.54, 1.807) is 0 Å². The van der Waals surface area contributed by atoms with Crippen LogP contribution in [-0.2, 0) is 11.0 Å². The lowest BCUT2D eigenvalue weighted by Crippen LogP contribution is -2.29. The lowest BCUT2D eigenvalue weighted by atomic mass is 10.2. The number of carbonyl (C=O) groups is 1. The summed E-state index contributed by atoms with van der Waals surface area (Å²) < 4.78 is 42.6. The highest BCUT2D eigenvalue weighted by Gasteiger charge is 2.30. The summed E-state index contributed by atoms with van der Waals surface area (Å²) in [6, 6.07) is 4.76. The van der Waals surface area contributed by atoms with E-state index in [-0.39, 0.29) is 11.7 Å². The van der Waals surface area contributed by atoms with Crippen LogP contribution in [0.15, 0.2) is 24.3 Å². The molecule has 0 saturated carbocycles. The Bertz CT molecular complexity index is 436. The molecule has 112 valence electrons. The molecule has 1 amide bonds. The molecule has 0 saturated heterocycles. The Hall–Kier alpha value is -1.76. The van der Waals surface area contributed by atoms with E-state index in [9.17, 15) is 18.0 Å². The van der Waals surface area contributed by atoms with Gasteiger partial charge in [0.05, 0.1) is 12.2 Å². The number of carbonyl (C=O) groups excluding carboxylic acids is 1. The Balaban J connectivity index is 2.27. The minimum absolute atomic E-state index is 0.194. The van der Waals surface area contributed by atoms with E-state index in [1.165, 1.54) is 12.1 Å². The molecular formula is C13H17F3N2O2.